The van der Waals surface area contributed by atoms with Crippen molar-refractivity contribution in [2.24, 2.45) is 0 Å². The molecule has 7 nitrogen and oxygen atoms in total. The first-order chi connectivity index (χ1) is 11.8. The minimum absolute atomic E-state index is 0.0483. The lowest BCUT2D eigenvalue weighted by atomic mass is 10.2. The van der Waals surface area contributed by atoms with Gasteiger partial charge in [0.2, 0.25) is 0 Å². The van der Waals surface area contributed by atoms with Crippen LogP contribution in [0.15, 0.2) is 23.1 Å². The number of Topliss-reactive ketones (excluding diaryl/α,β-unsaturated/α-hetero) is 1. The Morgan fingerprint density at radius 1 is 1.36 bits per heavy atom. The number of carboxylic acid groups (broad SMARTS) is 1. The first-order valence-electron chi connectivity index (χ1n) is 7.09. The maximum atomic E-state index is 12.3. The molecule has 0 aromatic heterocycles. The number of carboxylic acids is 1. The Labute approximate surface area is 153 Å². The van der Waals surface area contributed by atoms with Crippen LogP contribution >= 0.6 is 24.0 Å². The van der Waals surface area contributed by atoms with E-state index in [1.54, 1.807) is 24.3 Å². The molecule has 1 heterocycles. The van der Waals surface area contributed by atoms with Crippen molar-refractivity contribution in [3.63, 3.8) is 0 Å². The zero-order valence-electron chi connectivity index (χ0n) is 13.5. The summed E-state index contributed by atoms with van der Waals surface area (Å²) in [6.45, 7) is 0.857. The average molecular weight is 381 g/mol. The normalized spacial score (nSPS) is 15.6. The zero-order valence-corrected chi connectivity index (χ0v) is 15.1. The summed E-state index contributed by atoms with van der Waals surface area (Å²) in [5.74, 6) is -0.949. The first-order valence-corrected chi connectivity index (χ1v) is 8.31. The third-order valence-electron chi connectivity index (χ3n) is 3.09. The molecule has 1 aromatic rings. The molecule has 1 aliphatic heterocycles. The Kier molecular flexibility index (Phi) is 6.16. The molecule has 9 heteroatoms. The zero-order chi connectivity index (χ0) is 18.6. The first kappa shape index (κ1) is 18.9. The van der Waals surface area contributed by atoms with Gasteiger partial charge in [-0.15, -0.1) is 0 Å². The molecule has 0 spiro atoms. The van der Waals surface area contributed by atoms with E-state index in [-0.39, 0.29) is 24.0 Å². The molecule has 0 radical (unpaired) electrons. The number of aliphatic carboxylic acids is 1. The van der Waals surface area contributed by atoms with Crippen molar-refractivity contribution >= 4 is 52.0 Å². The number of thiocarbonyl (C=S) groups is 1. The smallest absolute Gasteiger partial charge is 0.341 e. The largest absolute Gasteiger partial charge is 0.493 e. The van der Waals surface area contributed by atoms with E-state index in [0.717, 1.165) is 11.8 Å². The van der Waals surface area contributed by atoms with Crippen molar-refractivity contribution in [1.29, 1.82) is 0 Å². The quantitative estimate of drug-likeness (QED) is 0.566. The summed E-state index contributed by atoms with van der Waals surface area (Å²) < 4.78 is 10.6. The fraction of sp³-hybridized carbons (Fsp3) is 0.250. The number of thioether (sulfide) groups is 1. The maximum Gasteiger partial charge on any atom is 0.341 e. The SMILES string of the molecule is COc1cc(/C=C2\SC(=S)N(CC(C)=O)C2=O)ccc1OCC(=O)O. The van der Waals surface area contributed by atoms with Crippen LogP contribution in [-0.4, -0.2) is 52.2 Å². The number of carbonyl (C=O) groups excluding carboxylic acids is 2. The predicted molar refractivity (Wildman–Crippen MR) is 96.7 cm³/mol. The van der Waals surface area contributed by atoms with Crippen molar-refractivity contribution in [1.82, 2.24) is 4.90 Å². The van der Waals surface area contributed by atoms with E-state index in [1.165, 1.54) is 18.9 Å². The number of carbonyl (C=O) groups is 3. The van der Waals surface area contributed by atoms with Crippen LogP contribution in [-0.2, 0) is 14.4 Å². The van der Waals surface area contributed by atoms with E-state index in [1.807, 2.05) is 0 Å². The Morgan fingerprint density at radius 3 is 2.68 bits per heavy atom. The van der Waals surface area contributed by atoms with Gasteiger partial charge in [0.25, 0.3) is 5.91 Å². The highest BCUT2D eigenvalue weighted by molar-refractivity contribution is 8.26. The van der Waals surface area contributed by atoms with Crippen LogP contribution in [0.1, 0.15) is 12.5 Å². The van der Waals surface area contributed by atoms with Crippen LogP contribution in [0.3, 0.4) is 0 Å². The van der Waals surface area contributed by atoms with Crippen molar-refractivity contribution in [2.75, 3.05) is 20.3 Å². The molecule has 1 aliphatic rings. The molecule has 132 valence electrons. The summed E-state index contributed by atoms with van der Waals surface area (Å²) in [6.07, 6.45) is 1.63. The van der Waals surface area contributed by atoms with E-state index < -0.39 is 12.6 Å². The second kappa shape index (κ2) is 8.13. The van der Waals surface area contributed by atoms with Gasteiger partial charge in [-0.3, -0.25) is 14.5 Å². The standard InChI is InChI=1S/C16H15NO6S2/c1-9(18)7-17-15(21)13(25-16(17)24)6-10-3-4-11(12(5-10)22-2)23-8-14(19)20/h3-6H,7-8H2,1-2H3,(H,19,20)/b13-6-. The molecule has 0 saturated carbocycles. The lowest BCUT2D eigenvalue weighted by molar-refractivity contribution is -0.139. The molecule has 0 unspecified atom stereocenters. The molecule has 1 N–H and O–H groups in total. The summed E-state index contributed by atoms with van der Waals surface area (Å²) in [5.41, 5.74) is 0.655. The maximum absolute atomic E-state index is 12.3. The molecule has 2 rings (SSSR count). The van der Waals surface area contributed by atoms with Crippen molar-refractivity contribution in [3.05, 3.63) is 28.7 Å². The Bertz CT molecular complexity index is 774. The third kappa shape index (κ3) is 4.80. The second-order valence-electron chi connectivity index (χ2n) is 5.06. The minimum atomic E-state index is -1.10. The summed E-state index contributed by atoms with van der Waals surface area (Å²) in [6, 6.07) is 4.84. The minimum Gasteiger partial charge on any atom is -0.493 e. The number of methoxy groups -OCH3 is 1. The summed E-state index contributed by atoms with van der Waals surface area (Å²) in [5, 5.41) is 8.67. The van der Waals surface area contributed by atoms with Gasteiger partial charge in [0.1, 0.15) is 10.1 Å². The van der Waals surface area contributed by atoms with Gasteiger partial charge in [-0.05, 0) is 30.7 Å². The highest BCUT2D eigenvalue weighted by atomic mass is 32.2. The number of hydrogen-bond donors (Lipinski definition) is 1. The molecule has 0 aliphatic carbocycles. The molecule has 1 saturated heterocycles. The number of rotatable bonds is 7. The van der Waals surface area contributed by atoms with Crippen molar-refractivity contribution in [3.8, 4) is 11.5 Å². The van der Waals surface area contributed by atoms with Gasteiger partial charge < -0.3 is 14.6 Å². The van der Waals surface area contributed by atoms with Crippen LogP contribution < -0.4 is 9.47 Å². The van der Waals surface area contributed by atoms with E-state index in [0.29, 0.717) is 20.5 Å². The third-order valence-corrected chi connectivity index (χ3v) is 4.47. The highest BCUT2D eigenvalue weighted by Gasteiger charge is 2.32. The van der Waals surface area contributed by atoms with E-state index >= 15 is 0 Å². The topological polar surface area (TPSA) is 93.1 Å². The molecular weight excluding hydrogens is 366 g/mol. The number of ether oxygens (including phenoxy) is 2. The van der Waals surface area contributed by atoms with Crippen molar-refractivity contribution in [2.45, 2.75) is 6.92 Å². The Morgan fingerprint density at radius 2 is 2.08 bits per heavy atom. The van der Waals surface area contributed by atoms with Crippen LogP contribution in [0.25, 0.3) is 6.08 Å². The molecule has 0 atom stereocenters. The number of nitrogens with zero attached hydrogens (tertiary/aromatic N) is 1. The van der Waals surface area contributed by atoms with Gasteiger partial charge in [0.05, 0.1) is 18.6 Å². The van der Waals surface area contributed by atoms with Crippen LogP contribution in [0, 0.1) is 0 Å². The van der Waals surface area contributed by atoms with Crippen molar-refractivity contribution < 1.29 is 29.0 Å². The predicted octanol–water partition coefficient (Wildman–Crippen LogP) is 1.95. The van der Waals surface area contributed by atoms with E-state index in [9.17, 15) is 14.4 Å². The molecule has 1 fully saturated rings. The summed E-state index contributed by atoms with van der Waals surface area (Å²) >= 11 is 6.25. The highest BCUT2D eigenvalue weighted by Crippen LogP contribution is 2.34. The number of benzene rings is 1. The monoisotopic (exact) mass is 381 g/mol. The van der Waals surface area contributed by atoms with Crippen LogP contribution in [0.5, 0.6) is 11.5 Å². The fourth-order valence-electron chi connectivity index (χ4n) is 2.04. The van der Waals surface area contributed by atoms with Gasteiger partial charge in [0.15, 0.2) is 18.1 Å². The van der Waals surface area contributed by atoms with Gasteiger partial charge >= 0.3 is 5.97 Å². The number of ketones is 1. The van der Waals surface area contributed by atoms with Gasteiger partial charge in [0, 0.05) is 0 Å². The molecule has 1 amide bonds. The average Bonchev–Trinajstić information content (AvgIpc) is 2.80. The van der Waals surface area contributed by atoms with Crippen LogP contribution in [0.4, 0.5) is 0 Å². The summed E-state index contributed by atoms with van der Waals surface area (Å²) in [7, 11) is 1.43. The Hall–Kier alpha value is -2.39. The van der Waals surface area contributed by atoms with Gasteiger partial charge in [-0.25, -0.2) is 4.79 Å². The summed E-state index contributed by atoms with van der Waals surface area (Å²) in [4.78, 5) is 35.8. The number of amides is 1. The van der Waals surface area contributed by atoms with Crippen LogP contribution in [0.2, 0.25) is 0 Å². The molecule has 25 heavy (non-hydrogen) atoms. The lowest BCUT2D eigenvalue weighted by Crippen LogP contribution is -2.32. The molecule has 0 bridgehead atoms. The molecule has 1 aromatic carbocycles. The van der Waals surface area contributed by atoms with E-state index in [4.69, 9.17) is 26.8 Å². The number of hydrogen-bond acceptors (Lipinski definition) is 7. The second-order valence-corrected chi connectivity index (χ2v) is 6.74. The fourth-order valence-corrected chi connectivity index (χ4v) is 3.30. The lowest BCUT2D eigenvalue weighted by Gasteiger charge is -2.11. The van der Waals surface area contributed by atoms with Gasteiger partial charge in [-0.1, -0.05) is 30.0 Å². The molecular formula is C16H15NO6S2. The van der Waals surface area contributed by atoms with Gasteiger partial charge in [-0.2, -0.15) is 0 Å². The Balaban J connectivity index is 2.23. The van der Waals surface area contributed by atoms with E-state index in [2.05, 4.69) is 0 Å².